The molecule has 3 nitrogen and oxygen atoms in total. The number of rotatable bonds is 1. The molecule has 2 atom stereocenters. The molecule has 0 radical (unpaired) electrons. The lowest BCUT2D eigenvalue weighted by atomic mass is 10.1. The summed E-state index contributed by atoms with van der Waals surface area (Å²) in [6, 6.07) is 9.42. The SMILES string of the molecule is Cc1ccc(-c2nn3c(c2Br)NC(C)CC3C)cc1. The van der Waals surface area contributed by atoms with Crippen LogP contribution in [0.4, 0.5) is 5.82 Å². The van der Waals surface area contributed by atoms with Crippen molar-refractivity contribution in [1.82, 2.24) is 9.78 Å². The van der Waals surface area contributed by atoms with Crippen molar-refractivity contribution >= 4 is 21.7 Å². The molecular formula is C15H18BrN3. The highest BCUT2D eigenvalue weighted by Gasteiger charge is 2.26. The predicted octanol–water partition coefficient (Wildman–Crippen LogP) is 4.39. The number of anilines is 1. The number of aryl methyl sites for hydroxylation is 1. The number of hydrogen-bond donors (Lipinski definition) is 1. The average Bonchev–Trinajstić information content (AvgIpc) is 2.69. The van der Waals surface area contributed by atoms with Crippen molar-refractivity contribution in [2.75, 3.05) is 5.32 Å². The van der Waals surface area contributed by atoms with Crippen molar-refractivity contribution < 1.29 is 0 Å². The van der Waals surface area contributed by atoms with Gasteiger partial charge < -0.3 is 5.32 Å². The summed E-state index contributed by atoms with van der Waals surface area (Å²) < 4.78 is 3.16. The van der Waals surface area contributed by atoms with E-state index in [1.165, 1.54) is 5.56 Å². The van der Waals surface area contributed by atoms with Gasteiger partial charge in [0.25, 0.3) is 0 Å². The van der Waals surface area contributed by atoms with E-state index in [2.05, 4.69) is 71.0 Å². The Kier molecular flexibility index (Phi) is 3.13. The lowest BCUT2D eigenvalue weighted by Gasteiger charge is -2.28. The Labute approximate surface area is 122 Å². The van der Waals surface area contributed by atoms with Crippen LogP contribution in [0.2, 0.25) is 0 Å². The molecule has 0 amide bonds. The van der Waals surface area contributed by atoms with E-state index in [1.807, 2.05) is 0 Å². The minimum absolute atomic E-state index is 0.432. The minimum Gasteiger partial charge on any atom is -0.367 e. The maximum atomic E-state index is 4.77. The first kappa shape index (κ1) is 12.7. The van der Waals surface area contributed by atoms with E-state index in [4.69, 9.17) is 5.10 Å². The van der Waals surface area contributed by atoms with Gasteiger partial charge >= 0.3 is 0 Å². The highest BCUT2D eigenvalue weighted by atomic mass is 79.9. The van der Waals surface area contributed by atoms with E-state index < -0.39 is 0 Å². The van der Waals surface area contributed by atoms with E-state index in [-0.39, 0.29) is 0 Å². The second-order valence-corrected chi connectivity index (χ2v) is 6.24. The second-order valence-electron chi connectivity index (χ2n) is 5.45. The van der Waals surface area contributed by atoms with Gasteiger partial charge in [-0.15, -0.1) is 0 Å². The molecule has 0 saturated carbocycles. The van der Waals surface area contributed by atoms with Gasteiger partial charge in [0.1, 0.15) is 11.5 Å². The summed E-state index contributed by atoms with van der Waals surface area (Å²) >= 11 is 3.70. The van der Waals surface area contributed by atoms with Crippen molar-refractivity contribution in [1.29, 1.82) is 0 Å². The first-order valence-electron chi connectivity index (χ1n) is 6.68. The summed E-state index contributed by atoms with van der Waals surface area (Å²) in [5.74, 6) is 1.10. The molecule has 2 aromatic rings. The van der Waals surface area contributed by atoms with Crippen molar-refractivity contribution in [3.05, 3.63) is 34.3 Å². The van der Waals surface area contributed by atoms with E-state index >= 15 is 0 Å². The fourth-order valence-electron chi connectivity index (χ4n) is 2.66. The molecule has 0 spiro atoms. The molecule has 0 bridgehead atoms. The van der Waals surface area contributed by atoms with Crippen LogP contribution in [0.3, 0.4) is 0 Å². The number of nitrogens with one attached hydrogen (secondary N) is 1. The van der Waals surface area contributed by atoms with Crippen LogP contribution < -0.4 is 5.32 Å². The number of fused-ring (bicyclic) bond motifs is 1. The van der Waals surface area contributed by atoms with Crippen molar-refractivity contribution in [3.8, 4) is 11.3 Å². The lowest BCUT2D eigenvalue weighted by molar-refractivity contribution is 0.414. The topological polar surface area (TPSA) is 29.9 Å². The molecule has 3 rings (SSSR count). The monoisotopic (exact) mass is 319 g/mol. The molecule has 0 fully saturated rings. The summed E-state index contributed by atoms with van der Waals surface area (Å²) in [7, 11) is 0. The average molecular weight is 320 g/mol. The van der Waals surface area contributed by atoms with Gasteiger partial charge in [-0.25, -0.2) is 4.68 Å². The van der Waals surface area contributed by atoms with Crippen LogP contribution in [0.25, 0.3) is 11.3 Å². The Morgan fingerprint density at radius 2 is 1.95 bits per heavy atom. The Morgan fingerprint density at radius 3 is 2.63 bits per heavy atom. The van der Waals surface area contributed by atoms with E-state index in [0.29, 0.717) is 12.1 Å². The maximum absolute atomic E-state index is 4.77. The zero-order valence-corrected chi connectivity index (χ0v) is 13.0. The third-order valence-electron chi connectivity index (χ3n) is 3.67. The van der Waals surface area contributed by atoms with Crippen molar-refractivity contribution in [3.63, 3.8) is 0 Å². The predicted molar refractivity (Wildman–Crippen MR) is 82.5 cm³/mol. The third kappa shape index (κ3) is 2.18. The molecular weight excluding hydrogens is 302 g/mol. The van der Waals surface area contributed by atoms with Crippen molar-refractivity contribution in [2.24, 2.45) is 0 Å². The summed E-state index contributed by atoms with van der Waals surface area (Å²) in [4.78, 5) is 0. The van der Waals surface area contributed by atoms with Crippen LogP contribution in [0.15, 0.2) is 28.7 Å². The minimum atomic E-state index is 0.432. The third-order valence-corrected chi connectivity index (χ3v) is 4.42. The lowest BCUT2D eigenvalue weighted by Crippen LogP contribution is -2.28. The summed E-state index contributed by atoms with van der Waals surface area (Å²) in [6.07, 6.45) is 1.11. The summed E-state index contributed by atoms with van der Waals surface area (Å²) in [5.41, 5.74) is 3.44. The van der Waals surface area contributed by atoms with Gasteiger partial charge in [0.05, 0.1) is 10.5 Å². The number of halogens is 1. The van der Waals surface area contributed by atoms with Gasteiger partial charge in [-0.2, -0.15) is 5.10 Å². The Hall–Kier alpha value is -1.29. The number of nitrogens with zero attached hydrogens (tertiary/aromatic N) is 2. The number of hydrogen-bond acceptors (Lipinski definition) is 2. The van der Waals surface area contributed by atoms with Gasteiger partial charge in [0.2, 0.25) is 0 Å². The number of aromatic nitrogens is 2. The normalized spacial score (nSPS) is 21.9. The standard InChI is InChI=1S/C15H18BrN3/c1-9-4-6-12(7-5-9)14-13(16)15-17-10(2)8-11(3)19(15)18-14/h4-7,10-11,17H,8H2,1-3H3. The zero-order valence-electron chi connectivity index (χ0n) is 11.4. The molecule has 0 saturated heterocycles. The molecule has 1 N–H and O–H groups in total. The highest BCUT2D eigenvalue weighted by molar-refractivity contribution is 9.10. The van der Waals surface area contributed by atoms with Crippen LogP contribution in [-0.4, -0.2) is 15.8 Å². The molecule has 1 aromatic heterocycles. The summed E-state index contributed by atoms with van der Waals surface area (Å²) in [5, 5.41) is 8.29. The maximum Gasteiger partial charge on any atom is 0.139 e. The fourth-order valence-corrected chi connectivity index (χ4v) is 3.27. The number of benzene rings is 1. The molecule has 19 heavy (non-hydrogen) atoms. The quantitative estimate of drug-likeness (QED) is 0.845. The Bertz CT molecular complexity index is 601. The fraction of sp³-hybridized carbons (Fsp3) is 0.400. The van der Waals surface area contributed by atoms with Gasteiger partial charge in [-0.1, -0.05) is 29.8 Å². The summed E-state index contributed by atoms with van der Waals surface area (Å²) in [6.45, 7) is 6.53. The molecule has 1 aliphatic rings. The first-order chi connectivity index (χ1) is 9.06. The van der Waals surface area contributed by atoms with Crippen LogP contribution in [0.1, 0.15) is 31.9 Å². The van der Waals surface area contributed by atoms with Crippen molar-refractivity contribution in [2.45, 2.75) is 39.3 Å². The van der Waals surface area contributed by atoms with Gasteiger partial charge in [0, 0.05) is 11.6 Å². The van der Waals surface area contributed by atoms with E-state index in [9.17, 15) is 0 Å². The van der Waals surface area contributed by atoms with Crippen LogP contribution >= 0.6 is 15.9 Å². The van der Waals surface area contributed by atoms with Crippen LogP contribution in [-0.2, 0) is 0 Å². The van der Waals surface area contributed by atoms with Gasteiger partial charge in [-0.05, 0) is 43.1 Å². The largest absolute Gasteiger partial charge is 0.367 e. The molecule has 100 valence electrons. The second kappa shape index (κ2) is 4.67. The molecule has 1 aliphatic heterocycles. The van der Waals surface area contributed by atoms with E-state index in [1.54, 1.807) is 0 Å². The van der Waals surface area contributed by atoms with Gasteiger partial charge in [0.15, 0.2) is 0 Å². The van der Waals surface area contributed by atoms with E-state index in [0.717, 1.165) is 28.0 Å². The van der Waals surface area contributed by atoms with Crippen LogP contribution in [0, 0.1) is 6.92 Å². The molecule has 0 aliphatic carbocycles. The highest BCUT2D eigenvalue weighted by Crippen LogP contribution is 2.39. The smallest absolute Gasteiger partial charge is 0.139 e. The molecule has 2 heterocycles. The van der Waals surface area contributed by atoms with Gasteiger partial charge in [-0.3, -0.25) is 0 Å². The molecule has 1 aromatic carbocycles. The zero-order chi connectivity index (χ0) is 13.6. The first-order valence-corrected chi connectivity index (χ1v) is 7.47. The Morgan fingerprint density at radius 1 is 1.26 bits per heavy atom. The van der Waals surface area contributed by atoms with Crippen LogP contribution in [0.5, 0.6) is 0 Å². The molecule has 4 heteroatoms. The Balaban J connectivity index is 2.09. The molecule has 2 unspecified atom stereocenters.